The average Bonchev–Trinajstić information content (AvgIpc) is 2.25. The van der Waals surface area contributed by atoms with Gasteiger partial charge in [-0.05, 0) is 20.8 Å². The standard InChI is InChI=1S/C12H20N4O/c1-12(2,3)16-9-8-15-10(11(16)17)14-7-5-4-6-13/h4-5,8-9H,6-7,13H2,1-3H3,(H,14,15)/b5-4+. The van der Waals surface area contributed by atoms with E-state index in [-0.39, 0.29) is 11.1 Å². The monoisotopic (exact) mass is 236 g/mol. The average molecular weight is 236 g/mol. The van der Waals surface area contributed by atoms with Crippen LogP contribution in [0.2, 0.25) is 0 Å². The van der Waals surface area contributed by atoms with Gasteiger partial charge in [0, 0.05) is 31.0 Å². The van der Waals surface area contributed by atoms with E-state index >= 15 is 0 Å². The molecule has 0 aliphatic carbocycles. The fourth-order valence-electron chi connectivity index (χ4n) is 1.40. The van der Waals surface area contributed by atoms with Gasteiger partial charge >= 0.3 is 0 Å². The third-order valence-electron chi connectivity index (χ3n) is 2.25. The highest BCUT2D eigenvalue weighted by atomic mass is 16.1. The van der Waals surface area contributed by atoms with Gasteiger partial charge in [0.05, 0.1) is 0 Å². The quantitative estimate of drug-likeness (QED) is 0.763. The van der Waals surface area contributed by atoms with Crippen molar-refractivity contribution in [3.05, 3.63) is 34.9 Å². The SMILES string of the molecule is CC(C)(C)n1ccnc(NC/C=C/CN)c1=O. The number of aromatic nitrogens is 2. The summed E-state index contributed by atoms with van der Waals surface area (Å²) < 4.78 is 1.66. The van der Waals surface area contributed by atoms with Crippen molar-refractivity contribution in [2.45, 2.75) is 26.3 Å². The minimum absolute atomic E-state index is 0.110. The molecule has 0 saturated carbocycles. The second-order valence-electron chi connectivity index (χ2n) is 4.71. The molecule has 94 valence electrons. The van der Waals surface area contributed by atoms with E-state index in [1.165, 1.54) is 0 Å². The van der Waals surface area contributed by atoms with Crippen molar-refractivity contribution in [1.82, 2.24) is 9.55 Å². The third kappa shape index (κ3) is 3.71. The molecule has 3 N–H and O–H groups in total. The predicted molar refractivity (Wildman–Crippen MR) is 70.2 cm³/mol. The fraction of sp³-hybridized carbons (Fsp3) is 0.500. The Labute approximate surface area is 101 Å². The molecule has 0 spiro atoms. The van der Waals surface area contributed by atoms with Crippen molar-refractivity contribution in [3.8, 4) is 0 Å². The molecule has 1 rings (SSSR count). The van der Waals surface area contributed by atoms with Crippen molar-refractivity contribution in [3.63, 3.8) is 0 Å². The Hall–Kier alpha value is -1.62. The first-order chi connectivity index (χ1) is 7.96. The van der Waals surface area contributed by atoms with E-state index in [1.807, 2.05) is 32.9 Å². The van der Waals surface area contributed by atoms with Gasteiger partial charge in [-0.2, -0.15) is 0 Å². The number of hydrogen-bond acceptors (Lipinski definition) is 4. The van der Waals surface area contributed by atoms with Crippen LogP contribution in [0.4, 0.5) is 5.82 Å². The van der Waals surface area contributed by atoms with Gasteiger partial charge in [-0.1, -0.05) is 12.2 Å². The van der Waals surface area contributed by atoms with Crippen LogP contribution in [0.1, 0.15) is 20.8 Å². The normalized spacial score (nSPS) is 12.0. The second kappa shape index (κ2) is 5.63. The molecule has 1 heterocycles. The molecule has 1 aromatic heterocycles. The lowest BCUT2D eigenvalue weighted by atomic mass is 10.1. The molecule has 5 nitrogen and oxygen atoms in total. The molecule has 0 aliphatic rings. The van der Waals surface area contributed by atoms with Gasteiger partial charge in [-0.3, -0.25) is 4.79 Å². The van der Waals surface area contributed by atoms with Crippen LogP contribution < -0.4 is 16.6 Å². The zero-order valence-corrected chi connectivity index (χ0v) is 10.6. The van der Waals surface area contributed by atoms with Gasteiger partial charge in [-0.15, -0.1) is 0 Å². The first-order valence-corrected chi connectivity index (χ1v) is 5.64. The highest BCUT2D eigenvalue weighted by Crippen LogP contribution is 2.10. The summed E-state index contributed by atoms with van der Waals surface area (Å²) in [7, 11) is 0. The van der Waals surface area contributed by atoms with E-state index < -0.39 is 0 Å². The first-order valence-electron chi connectivity index (χ1n) is 5.64. The van der Waals surface area contributed by atoms with Crippen LogP contribution in [0, 0.1) is 0 Å². The summed E-state index contributed by atoms with van der Waals surface area (Å²) in [5.74, 6) is 0.365. The number of hydrogen-bond donors (Lipinski definition) is 2. The van der Waals surface area contributed by atoms with E-state index in [4.69, 9.17) is 5.73 Å². The number of rotatable bonds is 4. The Balaban J connectivity index is 2.88. The van der Waals surface area contributed by atoms with Crippen LogP contribution in [-0.4, -0.2) is 22.6 Å². The molecule has 0 bridgehead atoms. The number of nitrogens with zero attached hydrogens (tertiary/aromatic N) is 2. The van der Waals surface area contributed by atoms with E-state index in [2.05, 4.69) is 10.3 Å². The topological polar surface area (TPSA) is 72.9 Å². The van der Waals surface area contributed by atoms with E-state index in [9.17, 15) is 4.79 Å². The molecule has 1 aromatic rings. The molecule has 0 aromatic carbocycles. The van der Waals surface area contributed by atoms with Gasteiger partial charge in [-0.25, -0.2) is 4.98 Å². The van der Waals surface area contributed by atoms with E-state index in [0.717, 1.165) is 0 Å². The lowest BCUT2D eigenvalue weighted by molar-refractivity contribution is 0.383. The van der Waals surface area contributed by atoms with Crippen LogP contribution in [0.5, 0.6) is 0 Å². The highest BCUT2D eigenvalue weighted by molar-refractivity contribution is 5.32. The minimum atomic E-state index is -0.246. The lowest BCUT2D eigenvalue weighted by Gasteiger charge is -2.22. The summed E-state index contributed by atoms with van der Waals surface area (Å²) >= 11 is 0. The van der Waals surface area contributed by atoms with Crippen molar-refractivity contribution in [2.75, 3.05) is 18.4 Å². The summed E-state index contributed by atoms with van der Waals surface area (Å²) in [5.41, 5.74) is 4.97. The van der Waals surface area contributed by atoms with Crippen LogP contribution in [0.3, 0.4) is 0 Å². The van der Waals surface area contributed by atoms with Gasteiger partial charge in [0.25, 0.3) is 5.56 Å². The van der Waals surface area contributed by atoms with Crippen molar-refractivity contribution in [1.29, 1.82) is 0 Å². The van der Waals surface area contributed by atoms with Crippen LogP contribution in [0.25, 0.3) is 0 Å². The van der Waals surface area contributed by atoms with Crippen LogP contribution >= 0.6 is 0 Å². The summed E-state index contributed by atoms with van der Waals surface area (Å²) in [4.78, 5) is 16.1. The maximum absolute atomic E-state index is 12.1. The van der Waals surface area contributed by atoms with Crippen LogP contribution in [0.15, 0.2) is 29.3 Å². The largest absolute Gasteiger partial charge is 0.362 e. The molecule has 17 heavy (non-hydrogen) atoms. The molecule has 0 aliphatic heterocycles. The zero-order valence-electron chi connectivity index (χ0n) is 10.6. The highest BCUT2D eigenvalue weighted by Gasteiger charge is 2.15. The van der Waals surface area contributed by atoms with Crippen molar-refractivity contribution >= 4 is 5.82 Å². The smallest absolute Gasteiger partial charge is 0.293 e. The van der Waals surface area contributed by atoms with Gasteiger partial charge < -0.3 is 15.6 Å². The summed E-state index contributed by atoms with van der Waals surface area (Å²) in [6.45, 7) is 6.98. The number of nitrogens with two attached hydrogens (primary N) is 1. The molecule has 0 saturated heterocycles. The molecule has 5 heteroatoms. The lowest BCUT2D eigenvalue weighted by Crippen LogP contribution is -2.35. The van der Waals surface area contributed by atoms with Crippen molar-refractivity contribution < 1.29 is 0 Å². The Kier molecular flexibility index (Phi) is 4.45. The fourth-order valence-corrected chi connectivity index (χ4v) is 1.40. The predicted octanol–water partition coefficient (Wildman–Crippen LogP) is 0.925. The molecule has 0 amide bonds. The molecule has 0 atom stereocenters. The van der Waals surface area contributed by atoms with Crippen molar-refractivity contribution in [2.24, 2.45) is 5.73 Å². The summed E-state index contributed by atoms with van der Waals surface area (Å²) in [6.07, 6.45) is 7.03. The third-order valence-corrected chi connectivity index (χ3v) is 2.25. The Morgan fingerprint density at radius 2 is 2.18 bits per heavy atom. The summed E-state index contributed by atoms with van der Waals surface area (Å²) in [5, 5.41) is 2.97. The van der Waals surface area contributed by atoms with E-state index in [0.29, 0.717) is 18.9 Å². The zero-order chi connectivity index (χ0) is 12.9. The molecule has 0 fully saturated rings. The molecular weight excluding hydrogens is 216 g/mol. The number of anilines is 1. The van der Waals surface area contributed by atoms with E-state index in [1.54, 1.807) is 17.0 Å². The Morgan fingerprint density at radius 3 is 2.76 bits per heavy atom. The number of nitrogens with one attached hydrogen (secondary N) is 1. The summed E-state index contributed by atoms with van der Waals surface area (Å²) in [6, 6.07) is 0. The van der Waals surface area contributed by atoms with Gasteiger partial charge in [0.15, 0.2) is 5.82 Å². The Bertz CT molecular complexity index is 443. The van der Waals surface area contributed by atoms with Gasteiger partial charge in [0.2, 0.25) is 0 Å². The molecular formula is C12H20N4O. The van der Waals surface area contributed by atoms with Crippen LogP contribution in [-0.2, 0) is 5.54 Å². The Morgan fingerprint density at radius 1 is 1.47 bits per heavy atom. The second-order valence-corrected chi connectivity index (χ2v) is 4.71. The maximum Gasteiger partial charge on any atom is 0.293 e. The maximum atomic E-state index is 12.1. The minimum Gasteiger partial charge on any atom is -0.362 e. The van der Waals surface area contributed by atoms with Gasteiger partial charge in [0.1, 0.15) is 0 Å². The first kappa shape index (κ1) is 13.4. The molecule has 0 radical (unpaired) electrons. The molecule has 0 unspecified atom stereocenters.